The number of ether oxygens (including phenoxy) is 1. The van der Waals surface area contributed by atoms with E-state index < -0.39 is 0 Å². The Kier molecular flexibility index (Phi) is 5.48. The third kappa shape index (κ3) is 3.90. The van der Waals surface area contributed by atoms with Gasteiger partial charge in [0.1, 0.15) is 5.75 Å². The highest BCUT2D eigenvalue weighted by atomic mass is 35.5. The van der Waals surface area contributed by atoms with E-state index in [0.717, 1.165) is 27.6 Å². The summed E-state index contributed by atoms with van der Waals surface area (Å²) < 4.78 is 5.48. The molecule has 0 saturated carbocycles. The lowest BCUT2D eigenvalue weighted by atomic mass is 10.1. The molecule has 0 aliphatic heterocycles. The Hall–Kier alpha value is -1.71. The van der Waals surface area contributed by atoms with E-state index in [2.05, 4.69) is 12.2 Å². The van der Waals surface area contributed by atoms with Gasteiger partial charge in [0.25, 0.3) is 0 Å². The topological polar surface area (TPSA) is 41.5 Å². The first kappa shape index (κ1) is 15.7. The smallest absolute Gasteiger partial charge is 0.124 e. The van der Waals surface area contributed by atoms with Crippen LogP contribution >= 0.6 is 11.6 Å². The van der Waals surface area contributed by atoms with Gasteiger partial charge in [0.2, 0.25) is 0 Å². The summed E-state index contributed by atoms with van der Waals surface area (Å²) in [7, 11) is 0. The van der Waals surface area contributed by atoms with Crippen molar-refractivity contribution >= 4 is 17.3 Å². The average molecular weight is 306 g/mol. The predicted molar refractivity (Wildman–Crippen MR) is 87.0 cm³/mol. The van der Waals surface area contributed by atoms with Crippen LogP contribution in [0.1, 0.15) is 31.0 Å². The number of aliphatic hydroxyl groups excluding tert-OH is 1. The Morgan fingerprint density at radius 2 is 2.00 bits per heavy atom. The van der Waals surface area contributed by atoms with Gasteiger partial charge in [-0.3, -0.25) is 0 Å². The minimum absolute atomic E-state index is 0.0503. The van der Waals surface area contributed by atoms with Crippen molar-refractivity contribution < 1.29 is 9.84 Å². The van der Waals surface area contributed by atoms with Crippen molar-refractivity contribution in [1.82, 2.24) is 0 Å². The lowest BCUT2D eigenvalue weighted by Gasteiger charge is -2.18. The van der Waals surface area contributed by atoms with Crippen LogP contribution in [-0.4, -0.2) is 11.7 Å². The van der Waals surface area contributed by atoms with E-state index in [1.807, 2.05) is 49.4 Å². The molecule has 0 bridgehead atoms. The summed E-state index contributed by atoms with van der Waals surface area (Å²) in [4.78, 5) is 0. The highest BCUT2D eigenvalue weighted by Crippen LogP contribution is 2.28. The second kappa shape index (κ2) is 7.34. The number of halogens is 1. The SMILES string of the molecule is CCOc1ccc(N[C@H](C)c2ccccc2Cl)cc1CO. The van der Waals surface area contributed by atoms with Gasteiger partial charge in [-0.2, -0.15) is 0 Å². The molecular weight excluding hydrogens is 286 g/mol. The van der Waals surface area contributed by atoms with Crippen molar-refractivity contribution in [3.63, 3.8) is 0 Å². The molecule has 0 aliphatic carbocycles. The Morgan fingerprint density at radius 1 is 1.24 bits per heavy atom. The van der Waals surface area contributed by atoms with Crippen molar-refractivity contribution in [3.8, 4) is 5.75 Å². The summed E-state index contributed by atoms with van der Waals surface area (Å²) in [6.45, 7) is 4.50. The van der Waals surface area contributed by atoms with Crippen LogP contribution in [0.2, 0.25) is 5.02 Å². The quantitative estimate of drug-likeness (QED) is 0.831. The van der Waals surface area contributed by atoms with Crippen LogP contribution in [-0.2, 0) is 6.61 Å². The number of nitrogens with one attached hydrogen (secondary N) is 1. The van der Waals surface area contributed by atoms with E-state index >= 15 is 0 Å². The predicted octanol–water partition coefficient (Wildman–Crippen LogP) is 4.40. The Balaban J connectivity index is 2.18. The van der Waals surface area contributed by atoms with Crippen LogP contribution < -0.4 is 10.1 Å². The number of hydrogen-bond donors (Lipinski definition) is 2. The van der Waals surface area contributed by atoms with Crippen LogP contribution in [0.15, 0.2) is 42.5 Å². The molecule has 0 unspecified atom stereocenters. The molecule has 2 rings (SSSR count). The normalized spacial score (nSPS) is 12.0. The largest absolute Gasteiger partial charge is 0.494 e. The van der Waals surface area contributed by atoms with Crippen LogP contribution in [0.5, 0.6) is 5.75 Å². The first-order chi connectivity index (χ1) is 10.2. The van der Waals surface area contributed by atoms with Gasteiger partial charge in [-0.15, -0.1) is 0 Å². The van der Waals surface area contributed by atoms with E-state index in [-0.39, 0.29) is 12.6 Å². The molecule has 2 N–H and O–H groups in total. The van der Waals surface area contributed by atoms with Crippen LogP contribution in [0.3, 0.4) is 0 Å². The second-order valence-electron chi connectivity index (χ2n) is 4.80. The molecule has 0 aliphatic rings. The minimum atomic E-state index is -0.0503. The fourth-order valence-corrected chi connectivity index (χ4v) is 2.54. The first-order valence-corrected chi connectivity index (χ1v) is 7.41. The standard InChI is InChI=1S/C17H20ClNO2/c1-3-21-17-9-8-14(10-13(17)11-20)19-12(2)15-6-4-5-7-16(15)18/h4-10,12,19-20H,3,11H2,1-2H3/t12-/m1/s1. The zero-order valence-corrected chi connectivity index (χ0v) is 13.0. The highest BCUT2D eigenvalue weighted by Gasteiger charge is 2.10. The van der Waals surface area contributed by atoms with Crippen molar-refractivity contribution in [2.45, 2.75) is 26.5 Å². The van der Waals surface area contributed by atoms with Gasteiger partial charge in [-0.25, -0.2) is 0 Å². The van der Waals surface area contributed by atoms with Crippen LogP contribution in [0, 0.1) is 0 Å². The molecule has 2 aromatic rings. The maximum Gasteiger partial charge on any atom is 0.124 e. The third-order valence-electron chi connectivity index (χ3n) is 3.29. The number of aliphatic hydroxyl groups is 1. The molecule has 21 heavy (non-hydrogen) atoms. The average Bonchev–Trinajstić information content (AvgIpc) is 2.49. The van der Waals surface area contributed by atoms with E-state index in [4.69, 9.17) is 16.3 Å². The Bertz CT molecular complexity index is 601. The third-order valence-corrected chi connectivity index (χ3v) is 3.63. The maximum atomic E-state index is 9.44. The number of rotatable bonds is 6. The maximum absolute atomic E-state index is 9.44. The van der Waals surface area contributed by atoms with Gasteiger partial charge in [0, 0.05) is 22.3 Å². The van der Waals surface area contributed by atoms with Crippen molar-refractivity contribution in [1.29, 1.82) is 0 Å². The van der Waals surface area contributed by atoms with Gasteiger partial charge in [0.15, 0.2) is 0 Å². The lowest BCUT2D eigenvalue weighted by Crippen LogP contribution is -2.08. The van der Waals surface area contributed by atoms with Crippen molar-refractivity contribution in [3.05, 3.63) is 58.6 Å². The fourth-order valence-electron chi connectivity index (χ4n) is 2.24. The van der Waals surface area contributed by atoms with E-state index in [0.29, 0.717) is 6.61 Å². The molecule has 2 aromatic carbocycles. The zero-order valence-electron chi connectivity index (χ0n) is 12.3. The summed E-state index contributed by atoms with van der Waals surface area (Å²) in [5.74, 6) is 0.718. The van der Waals surface area contributed by atoms with E-state index in [1.165, 1.54) is 0 Å². The molecule has 0 aromatic heterocycles. The van der Waals surface area contributed by atoms with Gasteiger partial charge in [-0.05, 0) is 43.7 Å². The lowest BCUT2D eigenvalue weighted by molar-refractivity contribution is 0.267. The van der Waals surface area contributed by atoms with Crippen molar-refractivity contribution in [2.75, 3.05) is 11.9 Å². The van der Waals surface area contributed by atoms with E-state index in [1.54, 1.807) is 0 Å². The summed E-state index contributed by atoms with van der Waals surface area (Å²) in [6, 6.07) is 13.6. The van der Waals surface area contributed by atoms with Crippen molar-refractivity contribution in [2.24, 2.45) is 0 Å². The van der Waals surface area contributed by atoms with Gasteiger partial charge >= 0.3 is 0 Å². The summed E-state index contributed by atoms with van der Waals surface area (Å²) in [6.07, 6.45) is 0. The van der Waals surface area contributed by atoms with Gasteiger partial charge < -0.3 is 15.2 Å². The van der Waals surface area contributed by atoms with E-state index in [9.17, 15) is 5.11 Å². The molecule has 0 radical (unpaired) electrons. The fraction of sp³-hybridized carbons (Fsp3) is 0.294. The minimum Gasteiger partial charge on any atom is -0.494 e. The van der Waals surface area contributed by atoms with Crippen LogP contribution in [0.4, 0.5) is 5.69 Å². The van der Waals surface area contributed by atoms with Crippen LogP contribution in [0.25, 0.3) is 0 Å². The monoisotopic (exact) mass is 305 g/mol. The zero-order chi connectivity index (χ0) is 15.2. The molecule has 0 amide bonds. The molecule has 0 spiro atoms. The molecule has 4 heteroatoms. The first-order valence-electron chi connectivity index (χ1n) is 7.03. The molecule has 3 nitrogen and oxygen atoms in total. The number of benzene rings is 2. The molecule has 0 heterocycles. The molecular formula is C17H20ClNO2. The Morgan fingerprint density at radius 3 is 2.67 bits per heavy atom. The summed E-state index contributed by atoms with van der Waals surface area (Å²) in [5.41, 5.74) is 2.74. The Labute approximate surface area is 130 Å². The number of hydrogen-bond acceptors (Lipinski definition) is 3. The van der Waals surface area contributed by atoms with Gasteiger partial charge in [-0.1, -0.05) is 29.8 Å². The summed E-state index contributed by atoms with van der Waals surface area (Å²) >= 11 is 6.21. The molecule has 0 saturated heterocycles. The second-order valence-corrected chi connectivity index (χ2v) is 5.21. The molecule has 0 fully saturated rings. The molecule has 112 valence electrons. The highest BCUT2D eigenvalue weighted by molar-refractivity contribution is 6.31. The van der Waals surface area contributed by atoms with Gasteiger partial charge in [0.05, 0.1) is 13.2 Å². The number of anilines is 1. The molecule has 1 atom stereocenters. The summed E-state index contributed by atoms with van der Waals surface area (Å²) in [5, 5.41) is 13.6.